The number of aryl methyl sites for hydroxylation is 1. The summed E-state index contributed by atoms with van der Waals surface area (Å²) in [5.74, 6) is 3.55. The number of hydrogen-bond donors (Lipinski definition) is 1. The number of aromatic nitrogens is 2. The quantitative estimate of drug-likeness (QED) is 0.849. The van der Waals surface area contributed by atoms with Gasteiger partial charge in [-0.15, -0.1) is 0 Å². The summed E-state index contributed by atoms with van der Waals surface area (Å²) in [6.45, 7) is 5.34. The molecule has 1 aromatic rings. The Morgan fingerprint density at radius 2 is 2.06 bits per heavy atom. The van der Waals surface area contributed by atoms with Gasteiger partial charge in [0.05, 0.1) is 0 Å². The number of rotatable bonds is 3. The number of anilines is 1. The normalized spacial score (nSPS) is 25.4. The Hall–Kier alpha value is -1.12. The molecule has 1 aliphatic carbocycles. The van der Waals surface area contributed by atoms with Crippen molar-refractivity contribution in [3.63, 3.8) is 0 Å². The highest BCUT2D eigenvalue weighted by Gasteiger charge is 2.17. The predicted octanol–water partition coefficient (Wildman–Crippen LogP) is 3.02. The van der Waals surface area contributed by atoms with E-state index in [2.05, 4.69) is 22.2 Å². The fourth-order valence-electron chi connectivity index (χ4n) is 2.34. The van der Waals surface area contributed by atoms with Gasteiger partial charge in [-0.3, -0.25) is 0 Å². The van der Waals surface area contributed by atoms with Gasteiger partial charge >= 0.3 is 0 Å². The lowest BCUT2D eigenvalue weighted by atomic mass is 9.83. The van der Waals surface area contributed by atoms with Crippen molar-refractivity contribution in [3.8, 4) is 0 Å². The van der Waals surface area contributed by atoms with E-state index in [1.165, 1.54) is 25.7 Å². The van der Waals surface area contributed by atoms with E-state index < -0.39 is 0 Å². The highest BCUT2D eigenvalue weighted by Crippen LogP contribution is 2.28. The lowest BCUT2D eigenvalue weighted by molar-refractivity contribution is 0.300. The van der Waals surface area contributed by atoms with Gasteiger partial charge in [0.2, 0.25) is 0 Å². The zero-order valence-electron chi connectivity index (χ0n) is 10.2. The minimum absolute atomic E-state index is 0.825. The molecule has 1 aromatic heterocycles. The van der Waals surface area contributed by atoms with E-state index in [9.17, 15) is 0 Å². The molecule has 0 atom stereocenters. The smallest absolute Gasteiger partial charge is 0.129 e. The van der Waals surface area contributed by atoms with Crippen LogP contribution in [-0.2, 0) is 0 Å². The maximum Gasteiger partial charge on any atom is 0.129 e. The molecule has 88 valence electrons. The van der Waals surface area contributed by atoms with Gasteiger partial charge in [-0.1, -0.05) is 19.8 Å². The minimum Gasteiger partial charge on any atom is -0.370 e. The Bertz CT molecular complexity index is 330. The minimum atomic E-state index is 0.825. The molecule has 1 saturated carbocycles. The Morgan fingerprint density at radius 3 is 2.75 bits per heavy atom. The van der Waals surface area contributed by atoms with Gasteiger partial charge in [0.15, 0.2) is 0 Å². The van der Waals surface area contributed by atoms with Crippen molar-refractivity contribution < 1.29 is 0 Å². The van der Waals surface area contributed by atoms with Crippen LogP contribution in [0.25, 0.3) is 0 Å². The van der Waals surface area contributed by atoms with E-state index in [0.29, 0.717) is 0 Å². The summed E-state index contributed by atoms with van der Waals surface area (Å²) in [5.41, 5.74) is 0. The maximum atomic E-state index is 4.35. The van der Waals surface area contributed by atoms with Gasteiger partial charge < -0.3 is 5.32 Å². The second kappa shape index (κ2) is 5.28. The van der Waals surface area contributed by atoms with Gasteiger partial charge in [0.25, 0.3) is 0 Å². The van der Waals surface area contributed by atoms with E-state index >= 15 is 0 Å². The average molecular weight is 219 g/mol. The van der Waals surface area contributed by atoms with Crippen molar-refractivity contribution in [2.45, 2.75) is 39.5 Å². The third kappa shape index (κ3) is 3.19. The number of nitrogens with zero attached hydrogens (tertiary/aromatic N) is 2. The molecule has 3 heteroatoms. The molecule has 1 aliphatic rings. The van der Waals surface area contributed by atoms with Crippen LogP contribution in [0.15, 0.2) is 12.3 Å². The van der Waals surface area contributed by atoms with E-state index in [-0.39, 0.29) is 0 Å². The molecule has 3 nitrogen and oxygen atoms in total. The Labute approximate surface area is 97.7 Å². The third-order valence-electron chi connectivity index (χ3n) is 3.48. The van der Waals surface area contributed by atoms with Crippen molar-refractivity contribution in [1.29, 1.82) is 0 Å². The van der Waals surface area contributed by atoms with Crippen LogP contribution >= 0.6 is 0 Å². The Kier molecular flexibility index (Phi) is 3.75. The molecule has 1 N–H and O–H groups in total. The standard InChI is InChI=1S/C13H21N3/c1-10-3-5-12(6-4-10)9-15-13-7-8-14-11(2)16-13/h7-8,10,12H,3-6,9H2,1-2H3,(H,14,15,16). The number of nitrogens with one attached hydrogen (secondary N) is 1. The van der Waals surface area contributed by atoms with E-state index in [1.54, 1.807) is 0 Å². The van der Waals surface area contributed by atoms with Crippen LogP contribution in [0.4, 0.5) is 5.82 Å². The fraction of sp³-hybridized carbons (Fsp3) is 0.692. The summed E-state index contributed by atoms with van der Waals surface area (Å²) in [6, 6.07) is 1.94. The van der Waals surface area contributed by atoms with Crippen LogP contribution in [0.5, 0.6) is 0 Å². The van der Waals surface area contributed by atoms with Gasteiger partial charge in [-0.05, 0) is 37.7 Å². The summed E-state index contributed by atoms with van der Waals surface area (Å²) in [4.78, 5) is 8.44. The van der Waals surface area contributed by atoms with Crippen LogP contribution in [0.1, 0.15) is 38.4 Å². The molecule has 0 saturated heterocycles. The predicted molar refractivity (Wildman–Crippen MR) is 66.4 cm³/mol. The molecule has 16 heavy (non-hydrogen) atoms. The van der Waals surface area contributed by atoms with Crippen LogP contribution < -0.4 is 5.32 Å². The topological polar surface area (TPSA) is 37.8 Å². The summed E-state index contributed by atoms with van der Waals surface area (Å²) < 4.78 is 0. The molecule has 0 aromatic carbocycles. The molecule has 0 unspecified atom stereocenters. The molecule has 0 radical (unpaired) electrons. The van der Waals surface area contributed by atoms with Crippen molar-refractivity contribution in [2.75, 3.05) is 11.9 Å². The zero-order chi connectivity index (χ0) is 11.4. The average Bonchev–Trinajstić information content (AvgIpc) is 2.28. The molecule has 0 amide bonds. The Balaban J connectivity index is 1.79. The number of hydrogen-bond acceptors (Lipinski definition) is 3. The molecule has 0 spiro atoms. The Morgan fingerprint density at radius 1 is 1.31 bits per heavy atom. The molecule has 1 heterocycles. The molecule has 1 fully saturated rings. The van der Waals surface area contributed by atoms with Crippen molar-refractivity contribution >= 4 is 5.82 Å². The van der Waals surface area contributed by atoms with Crippen molar-refractivity contribution in [3.05, 3.63) is 18.1 Å². The molecule has 0 bridgehead atoms. The summed E-state index contributed by atoms with van der Waals surface area (Å²) in [6.07, 6.45) is 7.30. The summed E-state index contributed by atoms with van der Waals surface area (Å²) in [5, 5.41) is 3.42. The van der Waals surface area contributed by atoms with Gasteiger partial charge in [-0.25, -0.2) is 9.97 Å². The lowest BCUT2D eigenvalue weighted by Crippen LogP contribution is -2.20. The summed E-state index contributed by atoms with van der Waals surface area (Å²) in [7, 11) is 0. The highest BCUT2D eigenvalue weighted by atomic mass is 15.0. The molecular weight excluding hydrogens is 198 g/mol. The van der Waals surface area contributed by atoms with E-state index in [1.807, 2.05) is 19.2 Å². The second-order valence-electron chi connectivity index (χ2n) is 5.00. The molecule has 0 aliphatic heterocycles. The van der Waals surface area contributed by atoms with Crippen LogP contribution in [0, 0.1) is 18.8 Å². The highest BCUT2D eigenvalue weighted by molar-refractivity contribution is 5.32. The van der Waals surface area contributed by atoms with Gasteiger partial charge in [-0.2, -0.15) is 0 Å². The van der Waals surface area contributed by atoms with Crippen LogP contribution in [0.3, 0.4) is 0 Å². The first kappa shape index (κ1) is 11.4. The third-order valence-corrected chi connectivity index (χ3v) is 3.48. The first-order valence-corrected chi connectivity index (χ1v) is 6.27. The molecule has 2 rings (SSSR count). The largest absolute Gasteiger partial charge is 0.370 e. The van der Waals surface area contributed by atoms with Gasteiger partial charge in [0, 0.05) is 12.7 Å². The SMILES string of the molecule is Cc1nccc(NCC2CCC(C)CC2)n1. The first-order chi connectivity index (χ1) is 7.74. The fourth-order valence-corrected chi connectivity index (χ4v) is 2.34. The van der Waals surface area contributed by atoms with Crippen molar-refractivity contribution in [1.82, 2.24) is 9.97 Å². The monoisotopic (exact) mass is 219 g/mol. The first-order valence-electron chi connectivity index (χ1n) is 6.27. The lowest BCUT2D eigenvalue weighted by Gasteiger charge is -2.26. The van der Waals surface area contributed by atoms with Crippen LogP contribution in [-0.4, -0.2) is 16.5 Å². The van der Waals surface area contributed by atoms with Gasteiger partial charge in [0.1, 0.15) is 11.6 Å². The van der Waals surface area contributed by atoms with E-state index in [4.69, 9.17) is 0 Å². The maximum absolute atomic E-state index is 4.35. The van der Waals surface area contributed by atoms with Crippen LogP contribution in [0.2, 0.25) is 0 Å². The van der Waals surface area contributed by atoms with E-state index in [0.717, 1.165) is 30.0 Å². The second-order valence-corrected chi connectivity index (χ2v) is 5.00. The molecular formula is C13H21N3. The van der Waals surface area contributed by atoms with Crippen molar-refractivity contribution in [2.24, 2.45) is 11.8 Å². The summed E-state index contributed by atoms with van der Waals surface area (Å²) >= 11 is 0. The zero-order valence-corrected chi connectivity index (χ0v) is 10.2.